The largest absolute Gasteiger partial charge is 1.00 e. The van der Waals surface area contributed by atoms with E-state index >= 15 is 0 Å². The van der Waals surface area contributed by atoms with Crippen LogP contribution in [0.1, 0.15) is 51.2 Å². The van der Waals surface area contributed by atoms with Gasteiger partial charge in [0.25, 0.3) is 0 Å². The number of fused-ring (bicyclic) bond motifs is 3. The van der Waals surface area contributed by atoms with Gasteiger partial charge in [0.1, 0.15) is 55.4 Å². The Kier molecular flexibility index (Phi) is 20.9. The van der Waals surface area contributed by atoms with Crippen molar-refractivity contribution < 1.29 is 112 Å². The molecule has 1 amide bonds. The summed E-state index contributed by atoms with van der Waals surface area (Å²) in [5.74, 6) is -0.800. The van der Waals surface area contributed by atoms with Crippen LogP contribution in [0, 0.1) is 0 Å². The summed E-state index contributed by atoms with van der Waals surface area (Å²) in [6.07, 6.45) is -16.9. The van der Waals surface area contributed by atoms with Crippen LogP contribution in [0.25, 0.3) is 11.1 Å². The van der Waals surface area contributed by atoms with E-state index in [1.165, 1.54) is 21.6 Å². The maximum atomic E-state index is 13.3. The van der Waals surface area contributed by atoms with E-state index in [4.69, 9.17) is 32.7 Å². The van der Waals surface area contributed by atoms with Gasteiger partial charge in [0, 0.05) is 23.0 Å². The smallest absolute Gasteiger partial charge is 0.861 e. The van der Waals surface area contributed by atoms with Gasteiger partial charge in [-0.3, -0.25) is 9.05 Å². The van der Waals surface area contributed by atoms with E-state index in [9.17, 15) is 50.0 Å². The van der Waals surface area contributed by atoms with Crippen molar-refractivity contribution in [3.8, 4) is 11.1 Å². The molecule has 19 nitrogen and oxygen atoms in total. The Morgan fingerprint density at radius 1 is 0.887 bits per heavy atom. The van der Waals surface area contributed by atoms with Crippen molar-refractivity contribution in [3.63, 3.8) is 0 Å². The van der Waals surface area contributed by atoms with Gasteiger partial charge < -0.3 is 74.6 Å². The van der Waals surface area contributed by atoms with E-state index in [1.54, 1.807) is 6.92 Å². The molecule has 8 N–H and O–H groups in total. The molecular weight excluding hydrogens is 887 g/mol. The van der Waals surface area contributed by atoms with E-state index < -0.39 is 114 Å². The second kappa shape index (κ2) is 24.4. The first kappa shape index (κ1) is 53.2. The molecule has 2 aromatic carbocycles. The number of amides is 1. The number of nitrogens with one attached hydrogen (secondary N) is 1. The first-order valence-electron chi connectivity index (χ1n) is 19.8. The molecule has 2 fully saturated rings. The maximum absolute atomic E-state index is 13.3. The zero-order chi connectivity index (χ0) is 44.5. The molecular formula is C39H56N2NaO17PS2. The topological polar surface area (TPSA) is 288 Å². The number of ether oxygens (including phenoxy) is 5. The van der Waals surface area contributed by atoms with Crippen LogP contribution in [0.4, 0.5) is 4.79 Å². The van der Waals surface area contributed by atoms with Crippen molar-refractivity contribution in [2.75, 3.05) is 45.3 Å². The minimum atomic E-state index is -4.92. The van der Waals surface area contributed by atoms with Gasteiger partial charge in [-0.1, -0.05) is 97.8 Å². The summed E-state index contributed by atoms with van der Waals surface area (Å²) >= 11 is 0. The number of aliphatic hydroxyl groups excluding tert-OH is 6. The molecule has 1 unspecified atom stereocenters. The Labute approximate surface area is 390 Å². The molecule has 5 rings (SSSR count). The van der Waals surface area contributed by atoms with E-state index in [2.05, 4.69) is 10.3 Å². The molecule has 2 aromatic rings. The van der Waals surface area contributed by atoms with Crippen molar-refractivity contribution in [1.29, 1.82) is 0 Å². The molecule has 0 radical (unpaired) electrons. The van der Waals surface area contributed by atoms with E-state index in [-0.39, 0.29) is 59.2 Å². The van der Waals surface area contributed by atoms with Crippen molar-refractivity contribution in [1.82, 2.24) is 5.32 Å². The Morgan fingerprint density at radius 2 is 1.50 bits per heavy atom. The normalized spacial score (nSPS) is 29.2. The van der Waals surface area contributed by atoms with Crippen molar-refractivity contribution in [3.05, 3.63) is 59.7 Å². The van der Waals surface area contributed by atoms with E-state index in [1.807, 2.05) is 69.3 Å². The predicted octanol–water partition coefficient (Wildman–Crippen LogP) is -1.97. The van der Waals surface area contributed by atoms with Gasteiger partial charge in [0.15, 0.2) is 12.6 Å². The van der Waals surface area contributed by atoms with Gasteiger partial charge in [-0.2, -0.15) is 0 Å². The third kappa shape index (κ3) is 14.3. The number of hydrogen-bond acceptors (Lipinski definition) is 19. The fourth-order valence-corrected chi connectivity index (χ4v) is 9.93. The number of phosphoric acid groups is 1. The Balaban J connectivity index is 0.00000845. The molecule has 342 valence electrons. The average molecular weight is 943 g/mol. The number of rotatable bonds is 20. The quantitative estimate of drug-likeness (QED) is 0.0178. The van der Waals surface area contributed by atoms with Crippen LogP contribution < -0.4 is 40.0 Å². The van der Waals surface area contributed by atoms with Crippen molar-refractivity contribution >= 4 is 41.4 Å². The van der Waals surface area contributed by atoms with Gasteiger partial charge in [-0.05, 0) is 34.6 Å². The molecule has 62 heavy (non-hydrogen) atoms. The van der Waals surface area contributed by atoms with Crippen LogP contribution in [-0.2, 0) is 37.3 Å². The summed E-state index contributed by atoms with van der Waals surface area (Å²) in [5, 5.41) is 78.3. The number of carbonyl (C=O) groups excluding carboxylic acids is 1. The summed E-state index contributed by atoms with van der Waals surface area (Å²) < 4.78 is 50.5. The fourth-order valence-electron chi connectivity index (χ4n) is 6.75. The minimum Gasteiger partial charge on any atom is -0.861 e. The number of aliphatic imine (C=N–C) groups is 1. The summed E-state index contributed by atoms with van der Waals surface area (Å²) in [7, 11) is -2.07. The number of hydrogen-bond donors (Lipinski definition) is 8. The average Bonchev–Trinajstić information content (AvgIpc) is 3.55. The van der Waals surface area contributed by atoms with Gasteiger partial charge >= 0.3 is 43.5 Å². The third-order valence-electron chi connectivity index (χ3n) is 9.76. The molecule has 0 aromatic heterocycles. The van der Waals surface area contributed by atoms with Gasteiger partial charge in [0.05, 0.1) is 32.4 Å². The SMILES string of the molecule is CCCO[C@H]1O[C@H](CO)[C@@H](O)[C@H](O)[C@@H]1O[C@H]1O[C@H](COP(=O)(O)OCCN=C([O-])[C@H](CSSC(C)(C)C)NC(=O)OCC2c3ccccc3-c3ccccc32)[C@@H](O)[C@H](O)[C@@H]1O.[Na+]. The Morgan fingerprint density at radius 3 is 2.11 bits per heavy atom. The number of benzene rings is 2. The molecule has 0 bridgehead atoms. The zero-order valence-corrected chi connectivity index (χ0v) is 39.7. The number of phosphoric ester groups is 1. The van der Waals surface area contributed by atoms with Gasteiger partial charge in [0.2, 0.25) is 0 Å². The van der Waals surface area contributed by atoms with Gasteiger partial charge in [-0.15, -0.1) is 0 Å². The van der Waals surface area contributed by atoms with E-state index in [0.29, 0.717) is 6.42 Å². The summed E-state index contributed by atoms with van der Waals surface area (Å²) in [5.41, 5.74) is 4.17. The number of carbonyl (C=O) groups is 1. The van der Waals surface area contributed by atoms with Gasteiger partial charge in [-0.25, -0.2) is 9.36 Å². The second-order valence-corrected chi connectivity index (χ2v) is 20.1. The second-order valence-electron chi connectivity index (χ2n) is 15.5. The molecule has 2 aliphatic heterocycles. The molecule has 23 heteroatoms. The summed E-state index contributed by atoms with van der Waals surface area (Å²) in [6.45, 7) is 5.40. The molecule has 2 heterocycles. The van der Waals surface area contributed by atoms with Crippen LogP contribution in [0.5, 0.6) is 0 Å². The maximum Gasteiger partial charge on any atom is 1.00 e. The standard InChI is InChI=1S/C39H57N2O17PS2.Na/c1-5-15-52-37-34(32(46)29(43)27(17-42)56-37)58-36-33(47)31(45)30(44)28(57-36)19-55-59(50,51)54-16-14-40-35(48)26(20-60-61-39(2,3)4)41-38(49)53-18-25-23-12-8-6-10-21(23)22-11-7-9-13-24(22)25;/h6-13,25-34,36-37,42-47H,5,14-20H2,1-4H3,(H,40,48)(H,41,49)(H,50,51);/q;+1/p-1/t26-,27+,28+,29+,30+,31-,32-,33-,34-,36+,37-;/m0./s1. The molecule has 12 atom stereocenters. The fraction of sp³-hybridized carbons (Fsp3) is 0.641. The molecule has 0 spiro atoms. The molecule has 2 saturated heterocycles. The monoisotopic (exact) mass is 942 g/mol. The molecule has 0 saturated carbocycles. The van der Waals surface area contributed by atoms with Crippen LogP contribution in [0.2, 0.25) is 0 Å². The minimum absolute atomic E-state index is 0. The van der Waals surface area contributed by atoms with Crippen molar-refractivity contribution in [2.45, 2.75) is 112 Å². The first-order valence-corrected chi connectivity index (χ1v) is 23.6. The number of nitrogens with zero attached hydrogens (tertiary/aromatic N) is 1. The van der Waals surface area contributed by atoms with Crippen LogP contribution in [0.3, 0.4) is 0 Å². The summed E-state index contributed by atoms with van der Waals surface area (Å²) in [6, 6.07) is 14.6. The third-order valence-corrected chi connectivity index (χ3v) is 14.1. The first-order chi connectivity index (χ1) is 28.9. The van der Waals surface area contributed by atoms with E-state index in [0.717, 1.165) is 22.3 Å². The molecule has 3 aliphatic rings. The Bertz CT molecular complexity index is 1770. The molecule has 1 aliphatic carbocycles. The predicted molar refractivity (Wildman–Crippen MR) is 221 cm³/mol. The van der Waals surface area contributed by atoms with Crippen LogP contribution >= 0.6 is 29.4 Å². The zero-order valence-electron chi connectivity index (χ0n) is 35.1. The number of aliphatic hydroxyl groups is 6. The van der Waals surface area contributed by atoms with Crippen LogP contribution in [0.15, 0.2) is 53.5 Å². The van der Waals surface area contributed by atoms with Crippen molar-refractivity contribution in [2.24, 2.45) is 4.99 Å². The van der Waals surface area contributed by atoms with Crippen LogP contribution in [-0.4, -0.2) is 165 Å². The number of alkyl carbamates (subject to hydrolysis) is 1. The Hall–Kier alpha value is -1.41. The summed E-state index contributed by atoms with van der Waals surface area (Å²) in [4.78, 5) is 27.4.